The Morgan fingerprint density at radius 2 is 0.794 bits per heavy atom. The minimum absolute atomic E-state index is 0. The third-order valence-corrected chi connectivity index (χ3v) is 22.1. The van der Waals surface area contributed by atoms with Gasteiger partial charge < -0.3 is 0 Å². The molecule has 0 aromatic heterocycles. The number of fused-ring (bicyclic) bond motifs is 3. The summed E-state index contributed by atoms with van der Waals surface area (Å²) in [6.07, 6.45) is 10.3. The van der Waals surface area contributed by atoms with Gasteiger partial charge in [-0.2, -0.15) is 0 Å². The molecule has 0 fully saturated rings. The number of hydrogen-bond donors (Lipinski definition) is 0. The molecule has 0 saturated heterocycles. The van der Waals surface area contributed by atoms with Gasteiger partial charge in [0.25, 0.3) is 0 Å². The second kappa shape index (κ2) is 20.7. The van der Waals surface area contributed by atoms with E-state index in [4.69, 9.17) is 0 Å². The molecule has 340 valence electrons. The van der Waals surface area contributed by atoms with Crippen LogP contribution in [0.2, 0.25) is 0 Å². The quantitative estimate of drug-likeness (QED) is 0.128. The van der Waals surface area contributed by atoms with Crippen LogP contribution in [-0.2, 0) is 44.9 Å². The van der Waals surface area contributed by atoms with Crippen LogP contribution in [0.1, 0.15) is 85.0 Å². The summed E-state index contributed by atoms with van der Waals surface area (Å²) >= 11 is -2.95. The van der Waals surface area contributed by atoms with Gasteiger partial charge in [0.05, 0.1) is 0 Å². The molecule has 10 rings (SSSR count). The number of benzene rings is 8. The van der Waals surface area contributed by atoms with Crippen molar-refractivity contribution in [2.45, 2.75) is 75.3 Å². The van der Waals surface area contributed by atoms with E-state index in [1.807, 2.05) is 0 Å². The first-order valence-corrected chi connectivity index (χ1v) is 27.7. The van der Waals surface area contributed by atoms with Crippen LogP contribution >= 0.6 is 24.8 Å². The number of hydrogen-bond acceptors (Lipinski definition) is 0. The summed E-state index contributed by atoms with van der Waals surface area (Å²) in [5, 5.41) is 0. The summed E-state index contributed by atoms with van der Waals surface area (Å²) in [7, 11) is 0. The molecule has 0 N–H and O–H groups in total. The molecule has 8 aromatic rings. The molecule has 0 amide bonds. The van der Waals surface area contributed by atoms with E-state index in [1.54, 1.807) is 6.49 Å². The van der Waals surface area contributed by atoms with Gasteiger partial charge in [-0.3, -0.25) is 0 Å². The fourth-order valence-electron chi connectivity index (χ4n) is 10.7. The standard InChI is InChI=1S/C45H41.C15H14.C5H5.2ClH.Zr/c1-44(2,3)42-28-38-32(26-40(42)36-23-15-13-21-34(36)30-17-9-7-10-18-30)25-33-27-41(43(29-39(33)38)45(4,5)6)37-24-16-14-22-35(37)31-19-11-8-12-20-31;1-3-8-14(9-4-1)12-7-13-15-10-5-2-6-11-15;1-2-4-5-3-1;;;/h7-29H,1-6H3;1-6,8-11H,12-13H2;1-3H,4H2;2*1H;. The minimum Gasteiger partial charge on any atom is -0.147 e. The van der Waals surface area contributed by atoms with Crippen LogP contribution in [0, 0.1) is 0 Å². The van der Waals surface area contributed by atoms with Gasteiger partial charge in [0.15, 0.2) is 0 Å². The van der Waals surface area contributed by atoms with Crippen molar-refractivity contribution in [1.82, 2.24) is 0 Å². The second-order valence-corrected chi connectivity index (χ2v) is 27.2. The van der Waals surface area contributed by atoms with Crippen LogP contribution in [0.25, 0.3) is 55.6 Å². The maximum atomic E-state index is 2.70. The summed E-state index contributed by atoms with van der Waals surface area (Å²) in [6, 6.07) is 73.6. The zero-order valence-corrected chi connectivity index (χ0v) is 44.3. The van der Waals surface area contributed by atoms with Crippen molar-refractivity contribution in [2.24, 2.45) is 0 Å². The predicted molar refractivity (Wildman–Crippen MR) is 294 cm³/mol. The molecule has 2 aliphatic carbocycles. The maximum absolute atomic E-state index is 2.95. The topological polar surface area (TPSA) is 0 Å². The Kier molecular flexibility index (Phi) is 14.9. The third-order valence-electron chi connectivity index (χ3n) is 13.8. The Morgan fingerprint density at radius 1 is 0.426 bits per heavy atom. The maximum Gasteiger partial charge on any atom is -0.147 e. The first kappa shape index (κ1) is 49.0. The molecule has 0 atom stereocenters. The van der Waals surface area contributed by atoms with Gasteiger partial charge in [-0.05, 0) is 0 Å². The molecule has 0 unspecified atom stereocenters. The van der Waals surface area contributed by atoms with Gasteiger partial charge in [0, 0.05) is 0 Å². The van der Waals surface area contributed by atoms with Crippen molar-refractivity contribution in [3.05, 3.63) is 249 Å². The molecule has 0 nitrogen and oxygen atoms in total. The number of halogens is 2. The van der Waals surface area contributed by atoms with E-state index in [0.29, 0.717) is 0 Å². The van der Waals surface area contributed by atoms with Gasteiger partial charge in [-0.1, -0.05) is 0 Å². The predicted octanol–water partition coefficient (Wildman–Crippen LogP) is 18.0. The van der Waals surface area contributed by atoms with Crippen LogP contribution in [0.15, 0.2) is 216 Å². The normalized spacial score (nSPS) is 12.9. The van der Waals surface area contributed by atoms with Crippen LogP contribution in [0.3, 0.4) is 0 Å². The number of allylic oxidation sites excluding steroid dienone is 4. The van der Waals surface area contributed by atoms with Crippen LogP contribution < -0.4 is 0 Å². The van der Waals surface area contributed by atoms with Crippen LogP contribution in [0.4, 0.5) is 0 Å². The molecule has 3 heteroatoms. The first-order chi connectivity index (χ1) is 32.0. The Morgan fingerprint density at radius 3 is 1.16 bits per heavy atom. The molecule has 0 saturated carbocycles. The van der Waals surface area contributed by atoms with Gasteiger partial charge in [-0.25, -0.2) is 0 Å². The van der Waals surface area contributed by atoms with Crippen molar-refractivity contribution in [3.63, 3.8) is 0 Å². The van der Waals surface area contributed by atoms with Crippen molar-refractivity contribution in [2.75, 3.05) is 0 Å². The summed E-state index contributed by atoms with van der Waals surface area (Å²) in [6.45, 7) is 14.4. The first-order valence-electron chi connectivity index (χ1n) is 23.9. The Labute approximate surface area is 425 Å². The molecule has 0 heterocycles. The van der Waals surface area contributed by atoms with Crippen LogP contribution in [-0.4, -0.2) is 3.21 Å². The van der Waals surface area contributed by atoms with Gasteiger partial charge >= 0.3 is 404 Å². The fourth-order valence-corrected chi connectivity index (χ4v) is 19.9. The molecule has 0 bridgehead atoms. The SMILES string of the molecule is CC(C)(C)c1cc2c(cc1-c1ccccc1-c1ccccc1)[CH]([Zr]([C]1=CC=CC1)=[C](Cc1ccccc1)Cc1ccccc1)c1cc(-c3ccccc3-c3ccccc3)c(C(C)(C)C)cc1-2.Cl.Cl. The monoisotopic (exact) mass is 1000 g/mol. The zero-order valence-electron chi connectivity index (χ0n) is 40.2. The van der Waals surface area contributed by atoms with Crippen LogP contribution in [0.5, 0.6) is 0 Å². The summed E-state index contributed by atoms with van der Waals surface area (Å²) < 4.78 is 3.73. The summed E-state index contributed by atoms with van der Waals surface area (Å²) in [5.41, 5.74) is 21.7. The minimum atomic E-state index is -2.95. The molecule has 2 aliphatic rings. The molecule has 68 heavy (non-hydrogen) atoms. The van der Waals surface area contributed by atoms with Gasteiger partial charge in [0.1, 0.15) is 0 Å². The van der Waals surface area contributed by atoms with Crippen molar-refractivity contribution < 1.29 is 21.3 Å². The van der Waals surface area contributed by atoms with Crippen molar-refractivity contribution in [3.8, 4) is 55.6 Å². The van der Waals surface area contributed by atoms with E-state index in [-0.39, 0.29) is 39.3 Å². The molecular weight excluding hydrogens is 943 g/mol. The van der Waals surface area contributed by atoms with E-state index in [9.17, 15) is 0 Å². The van der Waals surface area contributed by atoms with E-state index >= 15 is 0 Å². The third kappa shape index (κ3) is 9.87. The van der Waals surface area contributed by atoms with Crippen molar-refractivity contribution >= 4 is 28.0 Å². The molecule has 0 aliphatic heterocycles. The van der Waals surface area contributed by atoms with Crippen molar-refractivity contribution in [1.29, 1.82) is 0 Å². The largest absolute Gasteiger partial charge is 0.147 e. The average molecular weight is 1010 g/mol. The Balaban J connectivity index is 0.00000312. The Bertz CT molecular complexity index is 2950. The molecule has 8 aromatic carbocycles. The Hall–Kier alpha value is -5.43. The molecule has 0 spiro atoms. The van der Waals surface area contributed by atoms with E-state index in [1.165, 1.54) is 89.0 Å². The summed E-state index contributed by atoms with van der Waals surface area (Å²) in [4.78, 5) is 0. The van der Waals surface area contributed by atoms with E-state index in [2.05, 4.69) is 254 Å². The van der Waals surface area contributed by atoms with E-state index in [0.717, 1.165) is 19.3 Å². The fraction of sp³-hybridized carbons (Fsp3) is 0.185. The van der Waals surface area contributed by atoms with E-state index < -0.39 is 21.3 Å². The van der Waals surface area contributed by atoms with Gasteiger partial charge in [0.2, 0.25) is 0 Å². The molecular formula is C65H62Cl2Zr. The summed E-state index contributed by atoms with van der Waals surface area (Å²) in [5.74, 6) is 0. The molecule has 0 radical (unpaired) electrons. The number of rotatable bonds is 10. The zero-order chi connectivity index (χ0) is 45.4. The van der Waals surface area contributed by atoms with Gasteiger partial charge in [-0.15, -0.1) is 24.8 Å². The average Bonchev–Trinajstić information content (AvgIpc) is 3.98. The smallest absolute Gasteiger partial charge is 0.147 e. The second-order valence-electron chi connectivity index (χ2n) is 20.4.